The lowest BCUT2D eigenvalue weighted by Crippen LogP contribution is -2.78. The van der Waals surface area contributed by atoms with Crippen LogP contribution >= 0.6 is 0 Å². The Labute approximate surface area is 160 Å². The molecule has 3 amide bonds. The zero-order valence-electron chi connectivity index (χ0n) is 15.6. The van der Waals surface area contributed by atoms with Crippen LogP contribution in [0.25, 0.3) is 0 Å². The lowest BCUT2D eigenvalue weighted by atomic mass is 9.57. The van der Waals surface area contributed by atoms with Crippen molar-refractivity contribution in [3.63, 3.8) is 0 Å². The number of amides is 3. The Morgan fingerprint density at radius 2 is 1.82 bits per heavy atom. The number of rotatable bonds is 3. The van der Waals surface area contributed by atoms with Crippen molar-refractivity contribution in [2.75, 3.05) is 45.9 Å². The SMILES string of the molecule is O=C1COCC2(CN(C(=O)N3CC4(CC(CNC5(C(F)(F)F)CC5)C4)C3)C2)N1. The van der Waals surface area contributed by atoms with E-state index in [4.69, 9.17) is 4.74 Å². The van der Waals surface area contributed by atoms with E-state index in [0.29, 0.717) is 39.3 Å². The van der Waals surface area contributed by atoms with Crippen molar-refractivity contribution in [3.05, 3.63) is 0 Å². The second-order valence-electron chi connectivity index (χ2n) is 9.55. The first kappa shape index (κ1) is 18.5. The maximum atomic E-state index is 13.0. The molecule has 10 heteroatoms. The largest absolute Gasteiger partial charge is 0.406 e. The molecule has 3 heterocycles. The van der Waals surface area contributed by atoms with Crippen LogP contribution in [0.4, 0.5) is 18.0 Å². The van der Waals surface area contributed by atoms with Gasteiger partial charge in [0.05, 0.1) is 12.1 Å². The van der Waals surface area contributed by atoms with E-state index in [1.807, 2.05) is 0 Å². The van der Waals surface area contributed by atoms with Crippen molar-refractivity contribution in [2.24, 2.45) is 11.3 Å². The summed E-state index contributed by atoms with van der Waals surface area (Å²) in [7, 11) is 0. The molecule has 2 aliphatic carbocycles. The van der Waals surface area contributed by atoms with Gasteiger partial charge in [-0.15, -0.1) is 0 Å². The van der Waals surface area contributed by atoms with Crippen molar-refractivity contribution in [2.45, 2.75) is 42.9 Å². The minimum atomic E-state index is -4.16. The summed E-state index contributed by atoms with van der Waals surface area (Å²) in [4.78, 5) is 27.6. The fourth-order valence-electron chi connectivity index (χ4n) is 5.39. The highest BCUT2D eigenvalue weighted by Crippen LogP contribution is 2.54. The number of nitrogens with zero attached hydrogens (tertiary/aromatic N) is 2. The van der Waals surface area contributed by atoms with E-state index in [1.165, 1.54) is 0 Å². The van der Waals surface area contributed by atoms with Crippen molar-refractivity contribution in [1.29, 1.82) is 0 Å². The van der Waals surface area contributed by atoms with E-state index in [2.05, 4.69) is 10.6 Å². The van der Waals surface area contributed by atoms with Gasteiger partial charge in [0.1, 0.15) is 12.1 Å². The third-order valence-electron chi connectivity index (χ3n) is 7.06. The highest BCUT2D eigenvalue weighted by molar-refractivity contribution is 5.81. The lowest BCUT2D eigenvalue weighted by molar-refractivity contribution is -0.168. The van der Waals surface area contributed by atoms with Gasteiger partial charge in [0.15, 0.2) is 0 Å². The molecule has 3 saturated heterocycles. The van der Waals surface area contributed by atoms with Crippen LogP contribution in [0, 0.1) is 11.3 Å². The molecule has 2 N–H and O–H groups in total. The van der Waals surface area contributed by atoms with Crippen molar-refractivity contribution >= 4 is 11.9 Å². The molecule has 5 aliphatic rings. The standard InChI is InChI=1S/C18H25F3N4O3/c19-18(20,21)17(1-2-17)22-5-12-3-15(4-12)7-24(8-15)14(27)25-9-16(10-25)11-28-6-13(26)23-16/h12,22H,1-11H2,(H,23,26). The summed E-state index contributed by atoms with van der Waals surface area (Å²) in [6.07, 6.45) is -2.04. The maximum Gasteiger partial charge on any atom is 0.406 e. The first-order valence-corrected chi connectivity index (χ1v) is 9.88. The van der Waals surface area contributed by atoms with Crippen LogP contribution < -0.4 is 10.6 Å². The first-order valence-electron chi connectivity index (χ1n) is 9.88. The molecule has 0 aromatic rings. The number of hydrogen-bond donors (Lipinski definition) is 2. The molecule has 0 unspecified atom stereocenters. The summed E-state index contributed by atoms with van der Waals surface area (Å²) in [5.74, 6) is 0.118. The summed E-state index contributed by atoms with van der Waals surface area (Å²) in [6, 6.07) is -0.0216. The van der Waals surface area contributed by atoms with Gasteiger partial charge < -0.3 is 25.2 Å². The number of halogens is 3. The number of nitrogens with one attached hydrogen (secondary N) is 2. The Kier molecular flexibility index (Phi) is 3.79. The molecule has 0 radical (unpaired) electrons. The van der Waals surface area contributed by atoms with Gasteiger partial charge in [-0.25, -0.2) is 4.79 Å². The Hall–Kier alpha value is -1.55. The molecule has 7 nitrogen and oxygen atoms in total. The Morgan fingerprint density at radius 3 is 2.39 bits per heavy atom. The lowest BCUT2D eigenvalue weighted by Gasteiger charge is -2.61. The second-order valence-corrected chi connectivity index (χ2v) is 9.55. The van der Waals surface area contributed by atoms with Gasteiger partial charge in [0.25, 0.3) is 0 Å². The summed E-state index contributed by atoms with van der Waals surface area (Å²) < 4.78 is 44.2. The Bertz CT molecular complexity index is 689. The highest BCUT2D eigenvalue weighted by atomic mass is 19.4. The van der Waals surface area contributed by atoms with E-state index in [-0.39, 0.29) is 42.7 Å². The van der Waals surface area contributed by atoms with E-state index >= 15 is 0 Å². The van der Waals surface area contributed by atoms with Gasteiger partial charge >= 0.3 is 12.2 Å². The molecule has 28 heavy (non-hydrogen) atoms. The number of urea groups is 1. The normalized spacial score (nSPS) is 29.8. The fraction of sp³-hybridized carbons (Fsp3) is 0.889. The number of ether oxygens (including phenoxy) is 1. The van der Waals surface area contributed by atoms with Crippen LogP contribution in [-0.4, -0.2) is 84.9 Å². The molecule has 5 rings (SSSR count). The molecular formula is C18H25F3N4O3. The number of hydrogen-bond acceptors (Lipinski definition) is 4. The van der Waals surface area contributed by atoms with Gasteiger partial charge in [-0.3, -0.25) is 4.79 Å². The van der Waals surface area contributed by atoms with E-state index in [9.17, 15) is 22.8 Å². The quantitative estimate of drug-likeness (QED) is 0.729. The number of alkyl halides is 3. The molecule has 2 saturated carbocycles. The minimum Gasteiger partial charge on any atom is -0.369 e. The molecule has 0 aromatic heterocycles. The number of carbonyl (C=O) groups excluding carboxylic acids is 2. The van der Waals surface area contributed by atoms with Gasteiger partial charge in [-0.2, -0.15) is 13.2 Å². The van der Waals surface area contributed by atoms with Crippen LogP contribution in [0.2, 0.25) is 0 Å². The maximum absolute atomic E-state index is 13.0. The molecule has 3 aliphatic heterocycles. The average molecular weight is 402 g/mol. The molecule has 2 spiro atoms. The monoisotopic (exact) mass is 402 g/mol. The summed E-state index contributed by atoms with van der Waals surface area (Å²) >= 11 is 0. The Balaban J connectivity index is 1.03. The Morgan fingerprint density at radius 1 is 1.18 bits per heavy atom. The van der Waals surface area contributed by atoms with Gasteiger partial charge in [-0.05, 0) is 38.1 Å². The smallest absolute Gasteiger partial charge is 0.369 e. The second kappa shape index (κ2) is 5.75. The third-order valence-corrected chi connectivity index (χ3v) is 7.06. The van der Waals surface area contributed by atoms with E-state index < -0.39 is 17.3 Å². The number of likely N-dealkylation sites (tertiary alicyclic amines) is 2. The predicted molar refractivity (Wildman–Crippen MR) is 91.4 cm³/mol. The zero-order chi connectivity index (χ0) is 19.8. The average Bonchev–Trinajstić information content (AvgIpc) is 3.30. The summed E-state index contributed by atoms with van der Waals surface area (Å²) in [6.45, 7) is 3.20. The number of carbonyl (C=O) groups is 2. The molecular weight excluding hydrogens is 377 g/mol. The summed E-state index contributed by atoms with van der Waals surface area (Å²) in [5.41, 5.74) is -1.97. The zero-order valence-corrected chi connectivity index (χ0v) is 15.6. The predicted octanol–water partition coefficient (Wildman–Crippen LogP) is 0.704. The van der Waals surface area contributed by atoms with E-state index in [0.717, 1.165) is 12.8 Å². The molecule has 0 aromatic carbocycles. The van der Waals surface area contributed by atoms with Crippen LogP contribution in [-0.2, 0) is 9.53 Å². The minimum absolute atomic E-state index is 0.0216. The molecule has 156 valence electrons. The van der Waals surface area contributed by atoms with Crippen LogP contribution in [0.1, 0.15) is 25.7 Å². The van der Waals surface area contributed by atoms with E-state index in [1.54, 1.807) is 9.80 Å². The number of morpholine rings is 1. The van der Waals surface area contributed by atoms with Crippen LogP contribution in [0.3, 0.4) is 0 Å². The summed E-state index contributed by atoms with van der Waals surface area (Å²) in [5, 5.41) is 5.66. The molecule has 0 atom stereocenters. The van der Waals surface area contributed by atoms with Gasteiger partial charge in [0, 0.05) is 31.6 Å². The van der Waals surface area contributed by atoms with Gasteiger partial charge in [-0.1, -0.05) is 0 Å². The van der Waals surface area contributed by atoms with Crippen LogP contribution in [0.5, 0.6) is 0 Å². The van der Waals surface area contributed by atoms with Crippen LogP contribution in [0.15, 0.2) is 0 Å². The van der Waals surface area contributed by atoms with Crippen molar-refractivity contribution in [1.82, 2.24) is 20.4 Å². The topological polar surface area (TPSA) is 73.9 Å². The van der Waals surface area contributed by atoms with Crippen molar-refractivity contribution in [3.8, 4) is 0 Å². The molecule has 0 bridgehead atoms. The first-order chi connectivity index (χ1) is 13.1. The molecule has 5 fully saturated rings. The third kappa shape index (κ3) is 2.87. The van der Waals surface area contributed by atoms with Crippen molar-refractivity contribution < 1.29 is 27.5 Å². The highest BCUT2D eigenvalue weighted by Gasteiger charge is 2.64. The fourth-order valence-corrected chi connectivity index (χ4v) is 5.39. The van der Waals surface area contributed by atoms with Gasteiger partial charge in [0.2, 0.25) is 5.91 Å².